The van der Waals surface area contributed by atoms with Gasteiger partial charge in [-0.3, -0.25) is 0 Å². The van der Waals surface area contributed by atoms with Gasteiger partial charge in [-0.25, -0.2) is 0 Å². The van der Waals surface area contributed by atoms with E-state index >= 15 is 0 Å². The zero-order valence-corrected chi connectivity index (χ0v) is 15.2. The maximum atomic E-state index is 5.64. The minimum Gasteiger partial charge on any atom is -0.484 e. The summed E-state index contributed by atoms with van der Waals surface area (Å²) in [5.74, 6) is 3.46. The Morgan fingerprint density at radius 3 is 2.88 bits per heavy atom. The average molecular weight is 360 g/mol. The summed E-state index contributed by atoms with van der Waals surface area (Å²) in [5, 5.41) is 12.4. The Balaban J connectivity index is 1.49. The van der Waals surface area contributed by atoms with Gasteiger partial charge < -0.3 is 13.7 Å². The van der Waals surface area contributed by atoms with E-state index in [-0.39, 0.29) is 6.61 Å². The summed E-state index contributed by atoms with van der Waals surface area (Å²) < 4.78 is 16.4. The normalized spacial score (nSPS) is 11.2. The number of nitrogens with zero attached hydrogens (tertiary/aromatic N) is 4. The second kappa shape index (κ2) is 8.15. The number of aryl methyl sites for hydroxylation is 1. The number of rotatable bonds is 8. The molecule has 0 spiro atoms. The highest BCUT2D eigenvalue weighted by Gasteiger charge is 2.12. The van der Waals surface area contributed by atoms with Crippen molar-refractivity contribution < 1.29 is 13.7 Å². The Morgan fingerprint density at radius 1 is 1.20 bits per heavy atom. The lowest BCUT2D eigenvalue weighted by molar-refractivity contribution is 0.252. The highest BCUT2D eigenvalue weighted by atomic mass is 32.2. The summed E-state index contributed by atoms with van der Waals surface area (Å²) in [6.07, 6.45) is 0.801. The first-order chi connectivity index (χ1) is 12.1. The Hall–Kier alpha value is -2.35. The fourth-order valence-corrected chi connectivity index (χ4v) is 2.74. The van der Waals surface area contributed by atoms with Gasteiger partial charge in [0.2, 0.25) is 5.89 Å². The molecule has 0 fully saturated rings. The molecule has 132 valence electrons. The van der Waals surface area contributed by atoms with Crippen molar-refractivity contribution in [1.29, 1.82) is 0 Å². The maximum Gasteiger partial charge on any atom is 0.277 e. The molecule has 0 aliphatic rings. The van der Waals surface area contributed by atoms with Gasteiger partial charge in [0.1, 0.15) is 5.75 Å². The third kappa shape index (κ3) is 5.32. The highest BCUT2D eigenvalue weighted by molar-refractivity contribution is 7.98. The lowest BCUT2D eigenvalue weighted by Crippen LogP contribution is -1.96. The van der Waals surface area contributed by atoms with Crippen LogP contribution in [-0.4, -0.2) is 20.3 Å². The van der Waals surface area contributed by atoms with Crippen molar-refractivity contribution in [3.63, 3.8) is 0 Å². The van der Waals surface area contributed by atoms with Crippen LogP contribution in [0.1, 0.15) is 37.0 Å². The summed E-state index contributed by atoms with van der Waals surface area (Å²) in [5.41, 5.74) is 1.13. The van der Waals surface area contributed by atoms with Crippen LogP contribution in [0.25, 0.3) is 0 Å². The van der Waals surface area contributed by atoms with Crippen LogP contribution in [0.3, 0.4) is 0 Å². The molecule has 8 heteroatoms. The van der Waals surface area contributed by atoms with Gasteiger partial charge in [-0.2, -0.15) is 4.98 Å². The van der Waals surface area contributed by atoms with Crippen LogP contribution in [0.5, 0.6) is 5.75 Å². The molecule has 7 nitrogen and oxygen atoms in total. The maximum absolute atomic E-state index is 5.64. The van der Waals surface area contributed by atoms with Crippen LogP contribution in [0.2, 0.25) is 0 Å². The average Bonchev–Trinajstić information content (AvgIpc) is 3.20. The summed E-state index contributed by atoms with van der Waals surface area (Å²) in [7, 11) is 0. The zero-order chi connectivity index (χ0) is 17.6. The number of benzene rings is 1. The third-order valence-electron chi connectivity index (χ3n) is 3.22. The molecule has 0 amide bonds. The Kier molecular flexibility index (Phi) is 5.70. The lowest BCUT2D eigenvalue weighted by Gasteiger charge is -2.03. The van der Waals surface area contributed by atoms with Crippen molar-refractivity contribution in [2.75, 3.05) is 0 Å². The number of hydrogen-bond acceptors (Lipinski definition) is 8. The molecular weight excluding hydrogens is 340 g/mol. The largest absolute Gasteiger partial charge is 0.484 e. The van der Waals surface area contributed by atoms with E-state index in [4.69, 9.17) is 13.7 Å². The van der Waals surface area contributed by atoms with Gasteiger partial charge in [-0.05, 0) is 30.5 Å². The molecule has 0 aliphatic heterocycles. The highest BCUT2D eigenvalue weighted by Crippen LogP contribution is 2.22. The van der Waals surface area contributed by atoms with Crippen molar-refractivity contribution in [3.05, 3.63) is 47.4 Å². The minimum absolute atomic E-state index is 0.232. The molecule has 2 aromatic heterocycles. The molecular formula is C17H20N4O3S. The van der Waals surface area contributed by atoms with Crippen LogP contribution in [-0.2, 0) is 18.8 Å². The molecule has 25 heavy (non-hydrogen) atoms. The van der Waals surface area contributed by atoms with Crippen molar-refractivity contribution in [2.45, 2.75) is 44.8 Å². The van der Waals surface area contributed by atoms with Gasteiger partial charge in [0.25, 0.3) is 11.1 Å². The van der Waals surface area contributed by atoms with E-state index in [0.717, 1.165) is 23.6 Å². The quantitative estimate of drug-likeness (QED) is 0.560. The van der Waals surface area contributed by atoms with E-state index in [9.17, 15) is 0 Å². The summed E-state index contributed by atoms with van der Waals surface area (Å²) in [6.45, 7) is 6.47. The predicted molar refractivity (Wildman–Crippen MR) is 92.2 cm³/mol. The van der Waals surface area contributed by atoms with E-state index in [1.165, 1.54) is 11.8 Å². The van der Waals surface area contributed by atoms with E-state index in [1.807, 2.05) is 31.2 Å². The molecule has 2 heterocycles. The molecule has 3 rings (SSSR count). The lowest BCUT2D eigenvalue weighted by atomic mass is 10.1. The first kappa shape index (κ1) is 17.5. The molecule has 0 N–H and O–H groups in total. The molecule has 0 saturated carbocycles. The Bertz CT molecular complexity index is 816. The summed E-state index contributed by atoms with van der Waals surface area (Å²) in [4.78, 5) is 4.34. The minimum atomic E-state index is 0.232. The van der Waals surface area contributed by atoms with Crippen molar-refractivity contribution >= 4 is 11.8 Å². The first-order valence-corrected chi connectivity index (χ1v) is 9.03. The fourth-order valence-electron chi connectivity index (χ4n) is 2.13. The fraction of sp³-hybridized carbons (Fsp3) is 0.412. The van der Waals surface area contributed by atoms with Crippen LogP contribution in [0.4, 0.5) is 0 Å². The molecule has 1 aromatic carbocycles. The molecule has 0 unspecified atom stereocenters. The molecule has 0 aliphatic carbocycles. The molecule has 0 radical (unpaired) electrons. The van der Waals surface area contributed by atoms with Crippen LogP contribution < -0.4 is 4.74 Å². The van der Waals surface area contributed by atoms with Gasteiger partial charge in [0.15, 0.2) is 12.4 Å². The van der Waals surface area contributed by atoms with Crippen LogP contribution >= 0.6 is 11.8 Å². The van der Waals surface area contributed by atoms with Gasteiger partial charge in [0, 0.05) is 6.42 Å². The number of ether oxygens (including phenoxy) is 1. The smallest absolute Gasteiger partial charge is 0.277 e. The van der Waals surface area contributed by atoms with Gasteiger partial charge >= 0.3 is 0 Å². The monoisotopic (exact) mass is 360 g/mol. The molecule has 0 bridgehead atoms. The topological polar surface area (TPSA) is 87.1 Å². The second-order valence-corrected chi connectivity index (χ2v) is 6.98. The van der Waals surface area contributed by atoms with Gasteiger partial charge in [0.05, 0.1) is 5.75 Å². The number of hydrogen-bond donors (Lipinski definition) is 0. The van der Waals surface area contributed by atoms with Gasteiger partial charge in [-0.15, -0.1) is 10.2 Å². The third-order valence-corrected chi connectivity index (χ3v) is 4.02. The standard InChI is InChI=1S/C17H20N4O3S/c1-11(2)7-14-18-16(24-21-14)10-25-17-20-19-15(23-17)9-22-13-6-4-5-12(3)8-13/h4-6,8,11H,7,9-10H2,1-3H3. The first-order valence-electron chi connectivity index (χ1n) is 8.04. The van der Waals surface area contributed by atoms with Crippen molar-refractivity contribution in [2.24, 2.45) is 5.92 Å². The molecule has 0 atom stereocenters. The SMILES string of the molecule is Cc1cccc(OCc2nnc(SCc3nc(CC(C)C)no3)o2)c1. The van der Waals surface area contributed by atoms with Gasteiger partial charge in [-0.1, -0.05) is 42.9 Å². The van der Waals surface area contributed by atoms with Crippen molar-refractivity contribution in [1.82, 2.24) is 20.3 Å². The predicted octanol–water partition coefficient (Wildman–Crippen LogP) is 3.83. The number of thioether (sulfide) groups is 1. The van der Waals surface area contributed by atoms with Crippen LogP contribution in [0.15, 0.2) is 38.4 Å². The molecule has 0 saturated heterocycles. The molecule has 3 aromatic rings. The summed E-state index contributed by atoms with van der Waals surface area (Å²) in [6, 6.07) is 7.80. The van der Waals surface area contributed by atoms with E-state index in [1.54, 1.807) is 0 Å². The van der Waals surface area contributed by atoms with Crippen molar-refractivity contribution in [3.8, 4) is 5.75 Å². The Morgan fingerprint density at radius 2 is 2.08 bits per heavy atom. The number of aromatic nitrogens is 4. The van der Waals surface area contributed by atoms with E-state index < -0.39 is 0 Å². The van der Waals surface area contributed by atoms with E-state index in [0.29, 0.717) is 28.7 Å². The summed E-state index contributed by atoms with van der Waals surface area (Å²) >= 11 is 1.36. The second-order valence-electron chi connectivity index (χ2n) is 6.06. The van der Waals surface area contributed by atoms with Crippen LogP contribution in [0, 0.1) is 12.8 Å². The zero-order valence-electron chi connectivity index (χ0n) is 14.4. The van der Waals surface area contributed by atoms with E-state index in [2.05, 4.69) is 34.2 Å². The Labute approximate surface area is 150 Å².